The van der Waals surface area contributed by atoms with Gasteiger partial charge in [0.15, 0.2) is 0 Å². The van der Waals surface area contributed by atoms with Gasteiger partial charge in [-0.2, -0.15) is 0 Å². The highest BCUT2D eigenvalue weighted by molar-refractivity contribution is 5.89. The van der Waals surface area contributed by atoms with Crippen molar-refractivity contribution in [2.75, 3.05) is 5.32 Å². The van der Waals surface area contributed by atoms with Gasteiger partial charge in [0.25, 0.3) is 0 Å². The summed E-state index contributed by atoms with van der Waals surface area (Å²) in [7, 11) is 0. The maximum Gasteiger partial charge on any atom is 0.328 e. The van der Waals surface area contributed by atoms with Crippen LogP contribution in [0.4, 0.5) is 10.5 Å². The molecule has 0 aliphatic carbocycles. The first-order valence-electron chi connectivity index (χ1n) is 6.95. The number of hydrogen-bond donors (Lipinski definition) is 3. The number of carboxylic acids is 1. The molecule has 3 N–H and O–H groups in total. The van der Waals surface area contributed by atoms with E-state index in [1.807, 2.05) is 6.92 Å². The number of benzene rings is 1. The van der Waals surface area contributed by atoms with Gasteiger partial charge in [0, 0.05) is 17.8 Å². The van der Waals surface area contributed by atoms with Crippen LogP contribution in [-0.2, 0) is 4.79 Å². The van der Waals surface area contributed by atoms with E-state index in [-0.39, 0.29) is 12.1 Å². The number of hydrogen-bond acceptors (Lipinski definition) is 2. The lowest BCUT2D eigenvalue weighted by molar-refractivity contribution is -0.131. The standard InChI is InChI=1S/C16H22N2O3/c1-11(2)10-12(3)17-16(21)18-14-7-4-13(5-8-14)6-9-15(19)20/h4-9,11-12H,10H2,1-3H3,(H,19,20)(H2,17,18,21)/b9-6+. The van der Waals surface area contributed by atoms with E-state index in [1.54, 1.807) is 24.3 Å². The van der Waals surface area contributed by atoms with Crippen LogP contribution in [0, 0.1) is 5.92 Å². The highest BCUT2D eigenvalue weighted by Crippen LogP contribution is 2.11. The topological polar surface area (TPSA) is 78.4 Å². The monoisotopic (exact) mass is 290 g/mol. The molecule has 1 aromatic carbocycles. The van der Waals surface area contributed by atoms with Crippen molar-refractivity contribution >= 4 is 23.8 Å². The number of anilines is 1. The molecule has 0 radical (unpaired) electrons. The van der Waals surface area contributed by atoms with E-state index in [4.69, 9.17) is 5.11 Å². The van der Waals surface area contributed by atoms with Crippen LogP contribution in [0.15, 0.2) is 30.3 Å². The molecule has 1 unspecified atom stereocenters. The summed E-state index contributed by atoms with van der Waals surface area (Å²) in [6, 6.07) is 6.82. The molecule has 1 atom stereocenters. The van der Waals surface area contributed by atoms with Crippen LogP contribution in [0.3, 0.4) is 0 Å². The summed E-state index contributed by atoms with van der Waals surface area (Å²) in [5.74, 6) is -0.462. The molecule has 0 aromatic heterocycles. The summed E-state index contributed by atoms with van der Waals surface area (Å²) in [5, 5.41) is 14.2. The van der Waals surface area contributed by atoms with Crippen molar-refractivity contribution in [3.8, 4) is 0 Å². The third kappa shape index (κ3) is 7.15. The highest BCUT2D eigenvalue weighted by atomic mass is 16.4. The second-order valence-corrected chi connectivity index (χ2v) is 5.42. The molecule has 2 amide bonds. The Hall–Kier alpha value is -2.30. The average Bonchev–Trinajstić information content (AvgIpc) is 2.36. The fourth-order valence-corrected chi connectivity index (χ4v) is 2.00. The maximum atomic E-state index is 11.8. The molecule has 0 aliphatic rings. The summed E-state index contributed by atoms with van der Waals surface area (Å²) in [6.07, 6.45) is 3.49. The Morgan fingerprint density at radius 2 is 1.81 bits per heavy atom. The van der Waals surface area contributed by atoms with Crippen LogP contribution in [0.5, 0.6) is 0 Å². The summed E-state index contributed by atoms with van der Waals surface area (Å²) >= 11 is 0. The normalized spacial score (nSPS) is 12.4. The van der Waals surface area contributed by atoms with Crippen LogP contribution in [-0.4, -0.2) is 23.1 Å². The molecule has 0 saturated carbocycles. The van der Waals surface area contributed by atoms with Crippen LogP contribution >= 0.6 is 0 Å². The lowest BCUT2D eigenvalue weighted by Crippen LogP contribution is -2.36. The van der Waals surface area contributed by atoms with E-state index in [1.165, 1.54) is 6.08 Å². The molecule has 0 spiro atoms. The van der Waals surface area contributed by atoms with Gasteiger partial charge >= 0.3 is 12.0 Å². The molecule has 5 heteroatoms. The van der Waals surface area contributed by atoms with Crippen molar-refractivity contribution in [2.24, 2.45) is 5.92 Å². The van der Waals surface area contributed by atoms with Crippen molar-refractivity contribution in [1.29, 1.82) is 0 Å². The second-order valence-electron chi connectivity index (χ2n) is 5.42. The van der Waals surface area contributed by atoms with Crippen molar-refractivity contribution in [2.45, 2.75) is 33.2 Å². The van der Waals surface area contributed by atoms with E-state index in [2.05, 4.69) is 24.5 Å². The molecule has 114 valence electrons. The summed E-state index contributed by atoms with van der Waals surface area (Å²) in [4.78, 5) is 22.2. The molecule has 1 aromatic rings. The summed E-state index contributed by atoms with van der Waals surface area (Å²) in [5.41, 5.74) is 1.42. The number of nitrogens with one attached hydrogen (secondary N) is 2. The lowest BCUT2D eigenvalue weighted by atomic mass is 10.1. The van der Waals surface area contributed by atoms with Crippen molar-refractivity contribution in [1.82, 2.24) is 5.32 Å². The highest BCUT2D eigenvalue weighted by Gasteiger charge is 2.08. The molecule has 0 fully saturated rings. The Morgan fingerprint density at radius 3 is 2.33 bits per heavy atom. The number of aliphatic carboxylic acids is 1. The zero-order valence-electron chi connectivity index (χ0n) is 12.6. The molecule has 0 saturated heterocycles. The van der Waals surface area contributed by atoms with Crippen molar-refractivity contribution < 1.29 is 14.7 Å². The summed E-state index contributed by atoms with van der Waals surface area (Å²) < 4.78 is 0. The number of rotatable bonds is 6. The number of carbonyl (C=O) groups excluding carboxylic acids is 1. The van der Waals surface area contributed by atoms with Crippen LogP contribution in [0.1, 0.15) is 32.8 Å². The fourth-order valence-electron chi connectivity index (χ4n) is 2.00. The predicted molar refractivity (Wildman–Crippen MR) is 84.2 cm³/mol. The minimum atomic E-state index is -0.990. The fraction of sp³-hybridized carbons (Fsp3) is 0.375. The molecule has 1 rings (SSSR count). The Morgan fingerprint density at radius 1 is 1.19 bits per heavy atom. The number of carbonyl (C=O) groups is 2. The van der Waals surface area contributed by atoms with Gasteiger partial charge in [0.05, 0.1) is 0 Å². The number of urea groups is 1. The molecule has 21 heavy (non-hydrogen) atoms. The van der Waals surface area contributed by atoms with Gasteiger partial charge in [-0.15, -0.1) is 0 Å². The Labute approximate surface area is 125 Å². The molecular weight excluding hydrogens is 268 g/mol. The van der Waals surface area contributed by atoms with Gasteiger partial charge in [-0.1, -0.05) is 26.0 Å². The molecular formula is C16H22N2O3. The Balaban J connectivity index is 2.51. The van der Waals surface area contributed by atoms with E-state index in [0.29, 0.717) is 11.6 Å². The third-order valence-electron chi connectivity index (χ3n) is 2.79. The minimum Gasteiger partial charge on any atom is -0.478 e. The SMILES string of the molecule is CC(C)CC(C)NC(=O)Nc1ccc(/C=C/C(=O)O)cc1. The number of carboxylic acid groups (broad SMARTS) is 1. The van der Waals surface area contributed by atoms with Gasteiger partial charge in [0.1, 0.15) is 0 Å². The zero-order chi connectivity index (χ0) is 15.8. The second kappa shape index (κ2) is 8.09. The maximum absolute atomic E-state index is 11.8. The molecule has 0 heterocycles. The third-order valence-corrected chi connectivity index (χ3v) is 2.79. The van der Waals surface area contributed by atoms with Crippen LogP contribution < -0.4 is 10.6 Å². The van der Waals surface area contributed by atoms with E-state index in [9.17, 15) is 9.59 Å². The van der Waals surface area contributed by atoms with Gasteiger partial charge < -0.3 is 15.7 Å². The first-order chi connectivity index (χ1) is 9.86. The Kier molecular flexibility index (Phi) is 6.46. The van der Waals surface area contributed by atoms with Gasteiger partial charge in [0.2, 0.25) is 0 Å². The predicted octanol–water partition coefficient (Wildman–Crippen LogP) is 3.34. The van der Waals surface area contributed by atoms with E-state index < -0.39 is 5.97 Å². The average molecular weight is 290 g/mol. The van der Waals surface area contributed by atoms with Crippen molar-refractivity contribution in [3.63, 3.8) is 0 Å². The van der Waals surface area contributed by atoms with Gasteiger partial charge in [-0.05, 0) is 43.0 Å². The van der Waals surface area contributed by atoms with Crippen molar-refractivity contribution in [3.05, 3.63) is 35.9 Å². The van der Waals surface area contributed by atoms with E-state index >= 15 is 0 Å². The first-order valence-corrected chi connectivity index (χ1v) is 6.95. The van der Waals surface area contributed by atoms with Crippen LogP contribution in [0.2, 0.25) is 0 Å². The first kappa shape index (κ1) is 16.8. The largest absolute Gasteiger partial charge is 0.478 e. The van der Waals surface area contributed by atoms with Gasteiger partial charge in [-0.25, -0.2) is 9.59 Å². The Bertz CT molecular complexity index is 507. The molecule has 0 bridgehead atoms. The van der Waals surface area contributed by atoms with E-state index in [0.717, 1.165) is 18.1 Å². The minimum absolute atomic E-state index is 0.114. The lowest BCUT2D eigenvalue weighted by Gasteiger charge is -2.16. The van der Waals surface area contributed by atoms with Crippen LogP contribution in [0.25, 0.3) is 6.08 Å². The zero-order valence-corrected chi connectivity index (χ0v) is 12.6. The van der Waals surface area contributed by atoms with Gasteiger partial charge in [-0.3, -0.25) is 0 Å². The summed E-state index contributed by atoms with van der Waals surface area (Å²) in [6.45, 7) is 6.19. The number of amides is 2. The quantitative estimate of drug-likeness (QED) is 0.703. The molecule has 0 aliphatic heterocycles. The smallest absolute Gasteiger partial charge is 0.328 e. The molecule has 5 nitrogen and oxygen atoms in total.